The Balaban J connectivity index is 1.88. The van der Waals surface area contributed by atoms with Gasteiger partial charge in [-0.3, -0.25) is 0 Å². The Morgan fingerprint density at radius 3 is 2.78 bits per heavy atom. The zero-order valence-electron chi connectivity index (χ0n) is 13.1. The molecular formula is C18H17N2O3+. The van der Waals surface area contributed by atoms with Crippen LogP contribution in [-0.4, -0.2) is 6.73 Å². The van der Waals surface area contributed by atoms with E-state index in [1.807, 2.05) is 43.5 Å². The Kier molecular flexibility index (Phi) is 3.08. The van der Waals surface area contributed by atoms with Gasteiger partial charge in [0.1, 0.15) is 17.9 Å². The van der Waals surface area contributed by atoms with Gasteiger partial charge in [-0.25, -0.2) is 14.7 Å². The fourth-order valence-electron chi connectivity index (χ4n) is 2.95. The van der Waals surface area contributed by atoms with Crippen LogP contribution in [0.5, 0.6) is 5.75 Å². The van der Waals surface area contributed by atoms with E-state index >= 15 is 0 Å². The lowest BCUT2D eigenvalue weighted by molar-refractivity contribution is -0.364. The van der Waals surface area contributed by atoms with Crippen LogP contribution in [0.2, 0.25) is 0 Å². The van der Waals surface area contributed by atoms with Gasteiger partial charge in [-0.15, -0.1) is 0 Å². The second-order valence-corrected chi connectivity index (χ2v) is 5.78. The third kappa shape index (κ3) is 2.16. The highest BCUT2D eigenvalue weighted by molar-refractivity contribution is 5.86. The lowest BCUT2D eigenvalue weighted by Crippen LogP contribution is -2.35. The average Bonchev–Trinajstić information content (AvgIpc) is 2.60. The van der Waals surface area contributed by atoms with Gasteiger partial charge < -0.3 is 9.15 Å². The smallest absolute Gasteiger partial charge is 0.339 e. The number of aryl methyl sites for hydroxylation is 1. The largest absolute Gasteiger partial charge is 0.454 e. The highest BCUT2D eigenvalue weighted by atomic mass is 16.5. The van der Waals surface area contributed by atoms with Crippen molar-refractivity contribution in [2.75, 3.05) is 11.6 Å². The van der Waals surface area contributed by atoms with E-state index < -0.39 is 0 Å². The van der Waals surface area contributed by atoms with E-state index in [1.165, 1.54) is 0 Å². The minimum atomic E-state index is -0.285. The first-order valence-corrected chi connectivity index (χ1v) is 7.55. The van der Waals surface area contributed by atoms with Gasteiger partial charge in [-0.1, -0.05) is 6.07 Å². The zero-order chi connectivity index (χ0) is 16.0. The maximum atomic E-state index is 12.1. The molecule has 0 saturated heterocycles. The van der Waals surface area contributed by atoms with Gasteiger partial charge in [0.15, 0.2) is 0 Å². The molecule has 1 aliphatic rings. The summed E-state index contributed by atoms with van der Waals surface area (Å²) in [5.74, 6) is 1.73. The summed E-state index contributed by atoms with van der Waals surface area (Å²) < 4.78 is 11.4. The van der Waals surface area contributed by atoms with Crippen LogP contribution in [0.4, 0.5) is 5.82 Å². The SMILES string of the molecule is Cc1c(C)c2ccc3c(c2oc1=O)CN(c1cccc[nH+]1)CO3. The third-order valence-corrected chi connectivity index (χ3v) is 4.44. The number of aromatic amines is 1. The van der Waals surface area contributed by atoms with Gasteiger partial charge >= 0.3 is 5.63 Å². The van der Waals surface area contributed by atoms with E-state index in [9.17, 15) is 4.79 Å². The van der Waals surface area contributed by atoms with Crippen LogP contribution in [0.3, 0.4) is 0 Å². The molecule has 3 aromatic rings. The molecule has 1 aliphatic heterocycles. The van der Waals surface area contributed by atoms with Crippen molar-refractivity contribution in [1.82, 2.24) is 0 Å². The molecule has 4 rings (SSSR count). The van der Waals surface area contributed by atoms with Crippen molar-refractivity contribution in [2.45, 2.75) is 20.4 Å². The number of anilines is 1. The summed E-state index contributed by atoms with van der Waals surface area (Å²) in [5, 5.41) is 0.961. The number of aromatic nitrogens is 1. The number of rotatable bonds is 1. The molecule has 2 aromatic heterocycles. The normalized spacial score (nSPS) is 13.7. The molecule has 3 heterocycles. The van der Waals surface area contributed by atoms with Crippen LogP contribution in [0.15, 0.2) is 45.7 Å². The molecule has 0 radical (unpaired) electrons. The summed E-state index contributed by atoms with van der Waals surface area (Å²) in [5.41, 5.74) is 2.86. The number of H-pyrrole nitrogens is 1. The van der Waals surface area contributed by atoms with Gasteiger partial charge in [0.05, 0.1) is 11.8 Å². The number of hydrogen-bond acceptors (Lipinski definition) is 4. The molecule has 5 nitrogen and oxygen atoms in total. The minimum absolute atomic E-state index is 0.285. The van der Waals surface area contributed by atoms with Gasteiger partial charge in [-0.2, -0.15) is 0 Å². The molecule has 0 spiro atoms. The number of nitrogens with zero attached hydrogens (tertiary/aromatic N) is 1. The molecule has 23 heavy (non-hydrogen) atoms. The van der Waals surface area contributed by atoms with Crippen molar-refractivity contribution in [1.29, 1.82) is 0 Å². The molecule has 0 atom stereocenters. The van der Waals surface area contributed by atoms with Crippen molar-refractivity contribution in [2.24, 2.45) is 0 Å². The third-order valence-electron chi connectivity index (χ3n) is 4.44. The maximum absolute atomic E-state index is 12.1. The molecular weight excluding hydrogens is 292 g/mol. The van der Waals surface area contributed by atoms with Gasteiger partial charge in [0.2, 0.25) is 6.73 Å². The first kappa shape index (κ1) is 13.8. The van der Waals surface area contributed by atoms with Gasteiger partial charge in [0.25, 0.3) is 5.82 Å². The first-order valence-electron chi connectivity index (χ1n) is 7.55. The number of fused-ring (bicyclic) bond motifs is 3. The van der Waals surface area contributed by atoms with Gasteiger partial charge in [-0.05, 0) is 37.6 Å². The van der Waals surface area contributed by atoms with E-state index in [-0.39, 0.29) is 5.63 Å². The molecule has 0 saturated carbocycles. The van der Waals surface area contributed by atoms with Crippen molar-refractivity contribution in [3.05, 3.63) is 63.6 Å². The summed E-state index contributed by atoms with van der Waals surface area (Å²) in [4.78, 5) is 17.3. The van der Waals surface area contributed by atoms with Crippen LogP contribution < -0.4 is 20.2 Å². The van der Waals surface area contributed by atoms with Crippen LogP contribution in [-0.2, 0) is 6.54 Å². The second kappa shape index (κ2) is 5.12. The lowest BCUT2D eigenvalue weighted by atomic mass is 10.0. The maximum Gasteiger partial charge on any atom is 0.339 e. The second-order valence-electron chi connectivity index (χ2n) is 5.78. The van der Waals surface area contributed by atoms with Gasteiger partial charge in [0, 0.05) is 17.0 Å². The molecule has 116 valence electrons. The van der Waals surface area contributed by atoms with Crippen molar-refractivity contribution >= 4 is 16.8 Å². The summed E-state index contributed by atoms with van der Waals surface area (Å²) in [6.45, 7) is 4.82. The predicted molar refractivity (Wildman–Crippen MR) is 86.6 cm³/mol. The average molecular weight is 309 g/mol. The molecule has 0 bridgehead atoms. The van der Waals surface area contributed by atoms with Crippen molar-refractivity contribution < 1.29 is 14.1 Å². The highest BCUT2D eigenvalue weighted by Crippen LogP contribution is 2.34. The summed E-state index contributed by atoms with van der Waals surface area (Å²) in [7, 11) is 0. The van der Waals surface area contributed by atoms with E-state index in [4.69, 9.17) is 9.15 Å². The quantitative estimate of drug-likeness (QED) is 0.648. The molecule has 0 aliphatic carbocycles. The molecule has 0 fully saturated rings. The molecule has 1 N–H and O–H groups in total. The molecule has 0 amide bonds. The van der Waals surface area contributed by atoms with Crippen molar-refractivity contribution in [3.8, 4) is 5.75 Å². The van der Waals surface area contributed by atoms with Crippen LogP contribution in [0.1, 0.15) is 16.7 Å². The Morgan fingerprint density at radius 2 is 2.00 bits per heavy atom. The summed E-state index contributed by atoms with van der Waals surface area (Å²) >= 11 is 0. The lowest BCUT2D eigenvalue weighted by Gasteiger charge is -2.24. The Hall–Kier alpha value is -2.82. The fourth-order valence-corrected chi connectivity index (χ4v) is 2.95. The van der Waals surface area contributed by atoms with Crippen LogP contribution in [0.25, 0.3) is 11.0 Å². The highest BCUT2D eigenvalue weighted by Gasteiger charge is 2.27. The minimum Gasteiger partial charge on any atom is -0.454 e. The van der Waals surface area contributed by atoms with E-state index in [2.05, 4.69) is 9.88 Å². The molecule has 0 unspecified atom stereocenters. The number of hydrogen-bond donors (Lipinski definition) is 0. The monoisotopic (exact) mass is 309 g/mol. The van der Waals surface area contributed by atoms with Crippen LogP contribution in [0, 0.1) is 13.8 Å². The summed E-state index contributed by atoms with van der Waals surface area (Å²) in [6.07, 6.45) is 1.88. The first-order chi connectivity index (χ1) is 11.1. The van der Waals surface area contributed by atoms with Crippen molar-refractivity contribution in [3.63, 3.8) is 0 Å². The van der Waals surface area contributed by atoms with E-state index in [1.54, 1.807) is 6.92 Å². The predicted octanol–water partition coefficient (Wildman–Crippen LogP) is 2.58. The molecule has 5 heteroatoms. The molecule has 1 aromatic carbocycles. The Morgan fingerprint density at radius 1 is 1.13 bits per heavy atom. The summed E-state index contributed by atoms with van der Waals surface area (Å²) in [6, 6.07) is 9.81. The Labute approximate surface area is 133 Å². The topological polar surface area (TPSA) is 56.8 Å². The fraction of sp³-hybridized carbons (Fsp3) is 0.222. The number of benzene rings is 1. The van der Waals surface area contributed by atoms with Crippen LogP contribution >= 0.6 is 0 Å². The number of pyridine rings is 1. The number of nitrogens with one attached hydrogen (secondary N) is 1. The van der Waals surface area contributed by atoms with E-state index in [0.717, 1.165) is 28.1 Å². The Bertz CT molecular complexity index is 948. The van der Waals surface area contributed by atoms with E-state index in [0.29, 0.717) is 24.4 Å². The number of ether oxygens (including phenoxy) is 1. The standard InChI is InChI=1S/C18H16N2O3/c1-11-12(2)18(21)23-17-13(11)6-7-15-14(17)9-20(10-22-15)16-5-3-4-8-19-16/h3-8H,9-10H2,1-2H3/p+1. The zero-order valence-corrected chi connectivity index (χ0v) is 13.1.